The van der Waals surface area contributed by atoms with Crippen LogP contribution in [0.1, 0.15) is 58.8 Å². The monoisotopic (exact) mass is 1030 g/mol. The lowest BCUT2D eigenvalue weighted by atomic mass is 9.76. The number of anilines is 1. The first-order valence-electron chi connectivity index (χ1n) is 24.0. The number of benzene rings is 4. The molecule has 378 valence electrons. The van der Waals surface area contributed by atoms with Crippen LogP contribution in [0.15, 0.2) is 152 Å². The minimum absolute atomic E-state index is 0.0174. The van der Waals surface area contributed by atoms with Crippen molar-refractivity contribution >= 4 is 64.7 Å². The highest BCUT2D eigenvalue weighted by atomic mass is 32.5. The van der Waals surface area contributed by atoms with Gasteiger partial charge in [0.2, 0.25) is 0 Å². The average Bonchev–Trinajstić information content (AvgIpc) is 4.26. The molecule has 10 rings (SSSR count). The molecule has 74 heavy (non-hydrogen) atoms. The molecule has 2 aliphatic heterocycles. The number of imidazole rings is 2. The Bertz CT molecular complexity index is 3210. The van der Waals surface area contributed by atoms with Gasteiger partial charge in [0, 0.05) is 44.6 Å². The van der Waals surface area contributed by atoms with Crippen molar-refractivity contribution in [3.8, 4) is 6.07 Å². The third-order valence-electron chi connectivity index (χ3n) is 12.9. The number of aromatic nitrogens is 8. The summed E-state index contributed by atoms with van der Waals surface area (Å²) in [5, 5.41) is 30.8. The SMILES string of the molecule is CN(C)C=Nc1ncnc2c1ncn2[C@H]1C[C@@H](NC(c2ccccc2)(c2ccccc2)c2ccccc2)C(COP(=S)(N[C@@H]2C[C@H](n3cnc4c(NC(=O)c5ccccc5)ncnc43)OC2CO)OCCC#N)O1. The Morgan fingerprint density at radius 1 is 0.797 bits per heavy atom. The zero-order valence-electron chi connectivity index (χ0n) is 40.4. The number of aliphatic hydroxyl groups is 1. The first-order valence-corrected chi connectivity index (χ1v) is 26.6. The highest BCUT2D eigenvalue weighted by Gasteiger charge is 2.46. The second-order valence-electron chi connectivity index (χ2n) is 17.9. The van der Waals surface area contributed by atoms with Gasteiger partial charge >= 0.3 is 0 Å². The van der Waals surface area contributed by atoms with E-state index in [2.05, 4.69) is 88.1 Å². The lowest BCUT2D eigenvalue weighted by molar-refractivity contribution is -0.0265. The first kappa shape index (κ1) is 50.3. The van der Waals surface area contributed by atoms with E-state index in [1.807, 2.05) is 84.2 Å². The Labute approximate surface area is 431 Å². The number of carbonyl (C=O) groups excluding carboxylic acids is 1. The molecule has 0 radical (unpaired) electrons. The predicted molar refractivity (Wildman–Crippen MR) is 280 cm³/mol. The molecule has 4 aromatic heterocycles. The fourth-order valence-electron chi connectivity index (χ4n) is 9.44. The van der Waals surface area contributed by atoms with Gasteiger partial charge in [-0.2, -0.15) is 5.26 Å². The molecular formula is C52H53N14O6PS. The van der Waals surface area contributed by atoms with Gasteiger partial charge in [-0.1, -0.05) is 109 Å². The summed E-state index contributed by atoms with van der Waals surface area (Å²) in [5.41, 5.74) is 4.41. The van der Waals surface area contributed by atoms with Crippen LogP contribution in [-0.4, -0.2) is 119 Å². The van der Waals surface area contributed by atoms with Gasteiger partial charge < -0.3 is 33.8 Å². The number of nitrogens with zero attached hydrogens (tertiary/aromatic N) is 11. The van der Waals surface area contributed by atoms with Crippen LogP contribution in [0.3, 0.4) is 0 Å². The number of carbonyl (C=O) groups is 1. The maximum Gasteiger partial charge on any atom is 0.261 e. The maximum atomic E-state index is 13.1. The first-order chi connectivity index (χ1) is 36.2. The summed E-state index contributed by atoms with van der Waals surface area (Å²) in [6.45, 7) is -3.96. The Kier molecular flexibility index (Phi) is 15.3. The normalized spacial score (nSPS) is 20.7. The molecule has 1 amide bonds. The van der Waals surface area contributed by atoms with Crippen molar-refractivity contribution in [3.05, 3.63) is 169 Å². The van der Waals surface area contributed by atoms with Gasteiger partial charge in [-0.3, -0.25) is 19.2 Å². The lowest BCUT2D eigenvalue weighted by Gasteiger charge is -2.40. The molecule has 0 spiro atoms. The lowest BCUT2D eigenvalue weighted by Crippen LogP contribution is -2.53. The van der Waals surface area contributed by atoms with Crippen LogP contribution in [0.2, 0.25) is 0 Å². The quantitative estimate of drug-likeness (QED) is 0.0202. The van der Waals surface area contributed by atoms with Gasteiger partial charge in [-0.05, 0) is 40.6 Å². The van der Waals surface area contributed by atoms with Crippen molar-refractivity contribution < 1.29 is 28.4 Å². The standard InChI is InChI=1S/C52H53N14O6PS/c1-64(2)32-60-47-45-49(56-30-54-47)65(33-58-45)43-26-39(62-52(36-18-9-4-10-19-36,37-20-11-5-12-21-37)38-22-13-6-14-23-38)42(72-43)29-70-73(74,69-25-15-24-53)63-40-27-44(71-41(40)28-67)66-34-59-46-48(55-31-57-50(46)66)61-51(68)35-16-7-3-8-17-35/h3-14,16-23,30-34,39-44,62,67H,15,25-29H2,1-2H3,(H,63,74)(H,55,57,61,68)/t39-,40-,41?,42?,43-,44-,73?/m1/s1. The van der Waals surface area contributed by atoms with Crippen LogP contribution in [0.4, 0.5) is 11.6 Å². The fraction of sp³-hybridized carbons (Fsp3) is 0.288. The van der Waals surface area contributed by atoms with E-state index in [9.17, 15) is 15.2 Å². The van der Waals surface area contributed by atoms with Crippen LogP contribution in [0, 0.1) is 11.3 Å². The minimum Gasteiger partial charge on any atom is -0.394 e. The van der Waals surface area contributed by atoms with E-state index in [-0.39, 0.29) is 44.4 Å². The molecule has 7 atom stereocenters. The molecule has 2 aliphatic rings. The molecule has 0 bridgehead atoms. The Morgan fingerprint density at radius 3 is 1.95 bits per heavy atom. The maximum absolute atomic E-state index is 13.1. The Hall–Kier alpha value is -7.22. The molecule has 6 heterocycles. The van der Waals surface area contributed by atoms with Crippen LogP contribution in [-0.2, 0) is 35.9 Å². The molecular weight excluding hydrogens is 980 g/mol. The van der Waals surface area contributed by atoms with Gasteiger partial charge in [0.05, 0.1) is 69.1 Å². The zero-order valence-corrected chi connectivity index (χ0v) is 42.1. The number of hydrogen-bond donors (Lipinski definition) is 4. The van der Waals surface area contributed by atoms with Crippen molar-refractivity contribution in [2.24, 2.45) is 4.99 Å². The summed E-state index contributed by atoms with van der Waals surface area (Å²) in [5.74, 6) is 0.297. The van der Waals surface area contributed by atoms with E-state index < -0.39 is 48.9 Å². The van der Waals surface area contributed by atoms with Gasteiger partial charge in [0.1, 0.15) is 25.1 Å². The number of ether oxygens (including phenoxy) is 2. The predicted octanol–water partition coefficient (Wildman–Crippen LogP) is 6.79. The van der Waals surface area contributed by atoms with Gasteiger partial charge in [0.25, 0.3) is 12.5 Å². The van der Waals surface area contributed by atoms with E-state index in [0.29, 0.717) is 40.1 Å². The summed E-state index contributed by atoms with van der Waals surface area (Å²) in [7, 11) is 3.75. The molecule has 0 aliphatic carbocycles. The number of nitrogens with one attached hydrogen (secondary N) is 3. The molecule has 20 nitrogen and oxygen atoms in total. The summed E-state index contributed by atoms with van der Waals surface area (Å²) < 4.78 is 30.3. The summed E-state index contributed by atoms with van der Waals surface area (Å²) in [4.78, 5) is 46.6. The van der Waals surface area contributed by atoms with E-state index >= 15 is 0 Å². The van der Waals surface area contributed by atoms with Gasteiger partial charge in [-0.15, -0.1) is 0 Å². The zero-order chi connectivity index (χ0) is 51.1. The van der Waals surface area contributed by atoms with Crippen molar-refractivity contribution in [1.29, 1.82) is 5.26 Å². The fourth-order valence-corrected chi connectivity index (χ4v) is 11.8. The molecule has 22 heteroatoms. The Morgan fingerprint density at radius 2 is 1.35 bits per heavy atom. The second-order valence-corrected chi connectivity index (χ2v) is 21.1. The summed E-state index contributed by atoms with van der Waals surface area (Å²) in [6.07, 6.45) is 5.78. The van der Waals surface area contributed by atoms with Gasteiger partial charge in [-0.25, -0.2) is 40.0 Å². The van der Waals surface area contributed by atoms with Crippen molar-refractivity contribution in [3.63, 3.8) is 0 Å². The van der Waals surface area contributed by atoms with E-state index in [1.54, 1.807) is 47.8 Å². The molecule has 8 aromatic rings. The average molecular weight is 1030 g/mol. The highest BCUT2D eigenvalue weighted by molar-refractivity contribution is 8.09. The van der Waals surface area contributed by atoms with Crippen LogP contribution < -0.4 is 15.7 Å². The molecule has 4 aromatic carbocycles. The van der Waals surface area contributed by atoms with E-state index in [4.69, 9.17) is 35.3 Å². The van der Waals surface area contributed by atoms with Crippen molar-refractivity contribution in [1.82, 2.24) is 54.3 Å². The van der Waals surface area contributed by atoms with Gasteiger partial charge in [0.15, 0.2) is 34.0 Å². The summed E-state index contributed by atoms with van der Waals surface area (Å²) >= 11 is 6.31. The minimum atomic E-state index is -3.52. The number of aliphatic imine (C=N–C) groups is 1. The highest BCUT2D eigenvalue weighted by Crippen LogP contribution is 2.49. The van der Waals surface area contributed by atoms with Crippen LogP contribution >= 0.6 is 6.64 Å². The smallest absolute Gasteiger partial charge is 0.261 e. The third kappa shape index (κ3) is 10.6. The Balaban J connectivity index is 0.962. The number of fused-ring (bicyclic) bond motifs is 2. The number of amides is 1. The molecule has 2 saturated heterocycles. The molecule has 0 saturated carbocycles. The topological polar surface area (TPSA) is 237 Å². The molecule has 3 unspecified atom stereocenters. The van der Waals surface area contributed by atoms with Crippen LogP contribution in [0.5, 0.6) is 0 Å². The summed E-state index contributed by atoms with van der Waals surface area (Å²) in [6, 6.07) is 40.8. The number of aliphatic hydroxyl groups excluding tert-OH is 1. The molecule has 4 N–H and O–H groups in total. The molecule has 2 fully saturated rings. The number of hydrogen-bond acceptors (Lipinski definition) is 16. The van der Waals surface area contributed by atoms with E-state index in [1.165, 1.54) is 12.7 Å². The second kappa shape index (κ2) is 22.5. The van der Waals surface area contributed by atoms with E-state index in [0.717, 1.165) is 16.7 Å². The van der Waals surface area contributed by atoms with Crippen molar-refractivity contribution in [2.75, 3.05) is 39.2 Å². The number of nitriles is 1. The van der Waals surface area contributed by atoms with Crippen LogP contribution in [0.25, 0.3) is 22.3 Å². The van der Waals surface area contributed by atoms with Crippen molar-refractivity contribution in [2.45, 2.75) is 61.5 Å². The third-order valence-corrected chi connectivity index (χ3v) is 15.5. The largest absolute Gasteiger partial charge is 0.394 e. The number of rotatable bonds is 20.